The van der Waals surface area contributed by atoms with Crippen LogP contribution >= 0.6 is 0 Å². The first-order valence-corrected chi connectivity index (χ1v) is 21.4. The Labute approximate surface area is 382 Å². The van der Waals surface area contributed by atoms with Crippen LogP contribution in [0.3, 0.4) is 0 Å². The summed E-state index contributed by atoms with van der Waals surface area (Å²) in [4.78, 5) is 27.7. The summed E-state index contributed by atoms with van der Waals surface area (Å²) in [7, 11) is 0. The van der Waals surface area contributed by atoms with Crippen molar-refractivity contribution in [1.29, 1.82) is 0 Å². The van der Waals surface area contributed by atoms with Crippen molar-refractivity contribution in [2.45, 2.75) is 16.8 Å². The maximum Gasteiger partial charge on any atom is 0.0404 e. The minimum atomic E-state index is -2.06. The molecule has 0 spiro atoms. The molecule has 318 valence electrons. The largest absolute Gasteiger partial charge is 0.837 e. The van der Waals surface area contributed by atoms with Crippen LogP contribution in [-0.2, 0) is 16.8 Å². The smallest absolute Gasteiger partial charge is 0.0404 e. The van der Waals surface area contributed by atoms with Gasteiger partial charge in [0, 0.05) is 88.1 Å². The first-order chi connectivity index (χ1) is 32.4. The molecule has 0 unspecified atom stereocenters. The number of rotatable bonds is 12. The first-order valence-electron chi connectivity index (χ1n) is 21.4. The molecule has 0 saturated carbocycles. The second kappa shape index (κ2) is 17.7. The Kier molecular flexibility index (Phi) is 11.2. The lowest BCUT2D eigenvalue weighted by molar-refractivity contribution is -0.457. The van der Waals surface area contributed by atoms with Crippen molar-refractivity contribution >= 4 is 0 Å². The highest BCUT2D eigenvalue weighted by Gasteiger charge is 2.33. The zero-order chi connectivity index (χ0) is 45.0. The molecule has 6 aromatic heterocycles. The third-order valence-corrected chi connectivity index (χ3v) is 11.9. The summed E-state index contributed by atoms with van der Waals surface area (Å²) in [5, 5.41) is 47.9. The topological polar surface area (TPSA) is 147 Å². The van der Waals surface area contributed by atoms with Gasteiger partial charge in [-0.3, -0.25) is 29.9 Å². The molecule has 10 aromatic rings. The normalized spacial score (nSPS) is 11.9. The zero-order valence-corrected chi connectivity index (χ0v) is 35.4. The van der Waals surface area contributed by atoms with E-state index in [4.69, 9.17) is 0 Å². The Morgan fingerprint density at radius 2 is 0.439 bits per heavy atom. The second-order valence-corrected chi connectivity index (χ2v) is 15.8. The van der Waals surface area contributed by atoms with Gasteiger partial charge < -0.3 is 15.3 Å². The highest BCUT2D eigenvalue weighted by Crippen LogP contribution is 2.45. The molecule has 9 heteroatoms. The van der Waals surface area contributed by atoms with Crippen LogP contribution < -0.4 is 15.3 Å². The van der Waals surface area contributed by atoms with Gasteiger partial charge in [-0.1, -0.05) is 109 Å². The Morgan fingerprint density at radius 1 is 0.242 bits per heavy atom. The lowest BCUT2D eigenvalue weighted by Gasteiger charge is -2.42. The van der Waals surface area contributed by atoms with Crippen LogP contribution in [0.5, 0.6) is 0 Å². The van der Waals surface area contributed by atoms with Crippen LogP contribution in [0.4, 0.5) is 0 Å². The standard InChI is InChI=1S/C57H39N6O3/c64-55(49-25-7-13-31-58-49,50-26-8-14-32-59-50)46-22-4-1-19-43(46)40-37-41(44-20-2-5-23-47(44)56(65,51-27-9-15-33-60-51)52-28-10-16-34-61-52)39-42(38-40)45-21-3-6-24-48(45)57(66,53-29-11-17-35-62-53)54-30-12-18-36-63-54/h1-39H/q-3. The SMILES string of the molecule is [O-]C(c1ccccn1)(c1ccccn1)c1ccccc1-c1cc(-c2ccccc2C([O-])(c2ccccn2)c2ccccn2)cc(-c2ccccc2C([O-])(c2ccccn2)c2ccccn2)c1. The first kappa shape index (κ1) is 41.7. The predicted octanol–water partition coefficient (Wildman–Crippen LogP) is 8.01. The van der Waals surface area contributed by atoms with E-state index in [1.165, 1.54) is 0 Å². The molecule has 0 atom stereocenters. The minimum Gasteiger partial charge on any atom is -0.837 e. The summed E-state index contributed by atoms with van der Waals surface area (Å²) >= 11 is 0. The van der Waals surface area contributed by atoms with Crippen LogP contribution in [0.15, 0.2) is 237 Å². The summed E-state index contributed by atoms with van der Waals surface area (Å²) in [6.07, 6.45) is 9.65. The molecule has 9 nitrogen and oxygen atoms in total. The van der Waals surface area contributed by atoms with E-state index < -0.39 is 16.8 Å². The molecule has 0 N–H and O–H groups in total. The molecule has 0 saturated heterocycles. The summed E-state index contributed by atoms with van der Waals surface area (Å²) in [6, 6.07) is 60.1. The van der Waals surface area contributed by atoms with Gasteiger partial charge in [0.25, 0.3) is 0 Å². The van der Waals surface area contributed by atoms with E-state index in [1.54, 1.807) is 146 Å². The quantitative estimate of drug-likeness (QED) is 0.119. The predicted molar refractivity (Wildman–Crippen MR) is 248 cm³/mol. The minimum absolute atomic E-state index is 0.270. The maximum absolute atomic E-state index is 16.0. The molecule has 0 aliphatic heterocycles. The fourth-order valence-electron chi connectivity index (χ4n) is 8.87. The summed E-state index contributed by atoms with van der Waals surface area (Å²) in [5.41, 5.74) is 0.425. The third-order valence-electron chi connectivity index (χ3n) is 11.9. The third kappa shape index (κ3) is 7.33. The van der Waals surface area contributed by atoms with Gasteiger partial charge in [0.1, 0.15) is 0 Å². The van der Waals surface area contributed by atoms with Crippen LogP contribution in [0, 0.1) is 0 Å². The zero-order valence-electron chi connectivity index (χ0n) is 35.4. The summed E-state index contributed by atoms with van der Waals surface area (Å²) in [5.74, 6) is 0. The van der Waals surface area contributed by atoms with E-state index in [0.29, 0.717) is 50.1 Å². The molecular formula is C57H39N6O3-3. The van der Waals surface area contributed by atoms with Gasteiger partial charge in [-0.15, -0.1) is 0 Å². The monoisotopic (exact) mass is 855 g/mol. The van der Waals surface area contributed by atoms with Crippen LogP contribution in [-0.4, -0.2) is 29.9 Å². The molecule has 0 radical (unpaired) electrons. The van der Waals surface area contributed by atoms with Gasteiger partial charge in [-0.05, 0) is 141 Å². The highest BCUT2D eigenvalue weighted by atomic mass is 16.3. The van der Waals surface area contributed by atoms with Crippen molar-refractivity contribution in [3.63, 3.8) is 0 Å². The fourth-order valence-corrected chi connectivity index (χ4v) is 8.87. The van der Waals surface area contributed by atoms with Crippen molar-refractivity contribution in [2.75, 3.05) is 0 Å². The average molecular weight is 856 g/mol. The van der Waals surface area contributed by atoms with Crippen molar-refractivity contribution in [1.82, 2.24) is 29.9 Å². The van der Waals surface area contributed by atoms with Gasteiger partial charge in [-0.25, -0.2) is 0 Å². The van der Waals surface area contributed by atoms with E-state index in [1.807, 2.05) is 91.0 Å². The highest BCUT2D eigenvalue weighted by molar-refractivity contribution is 5.85. The van der Waals surface area contributed by atoms with Crippen molar-refractivity contribution in [3.8, 4) is 33.4 Å². The van der Waals surface area contributed by atoms with Crippen LogP contribution in [0.25, 0.3) is 33.4 Å². The number of hydrogen-bond donors (Lipinski definition) is 0. The van der Waals surface area contributed by atoms with Gasteiger partial charge in [0.15, 0.2) is 0 Å². The van der Waals surface area contributed by atoms with E-state index in [9.17, 15) is 0 Å². The molecular weight excluding hydrogens is 817 g/mol. The van der Waals surface area contributed by atoms with E-state index >= 15 is 15.3 Å². The van der Waals surface area contributed by atoms with Crippen molar-refractivity contribution in [2.24, 2.45) is 0 Å². The van der Waals surface area contributed by atoms with E-state index in [2.05, 4.69) is 29.9 Å². The number of aromatic nitrogens is 6. The lowest BCUT2D eigenvalue weighted by Crippen LogP contribution is -2.45. The average Bonchev–Trinajstić information content (AvgIpc) is 3.41. The number of benzene rings is 4. The summed E-state index contributed by atoms with van der Waals surface area (Å²) in [6.45, 7) is 0. The summed E-state index contributed by atoms with van der Waals surface area (Å²) < 4.78 is 0. The maximum atomic E-state index is 16.0. The van der Waals surface area contributed by atoms with Gasteiger partial charge in [0.05, 0.1) is 0 Å². The molecule has 0 fully saturated rings. The number of nitrogens with zero attached hydrogens (tertiary/aromatic N) is 6. The Bertz CT molecular complexity index is 2760. The molecule has 0 aliphatic rings. The molecule has 0 bridgehead atoms. The van der Waals surface area contributed by atoms with Crippen LogP contribution in [0.1, 0.15) is 50.9 Å². The Morgan fingerprint density at radius 3 is 0.636 bits per heavy atom. The van der Waals surface area contributed by atoms with Gasteiger partial charge in [-0.2, -0.15) is 0 Å². The van der Waals surface area contributed by atoms with Crippen molar-refractivity contribution < 1.29 is 15.3 Å². The van der Waals surface area contributed by atoms with Gasteiger partial charge >= 0.3 is 0 Å². The van der Waals surface area contributed by atoms with Gasteiger partial charge in [0.2, 0.25) is 0 Å². The molecule has 10 rings (SSSR count). The number of hydrogen-bond acceptors (Lipinski definition) is 9. The number of pyridine rings is 6. The van der Waals surface area contributed by atoms with Crippen LogP contribution in [0.2, 0.25) is 0 Å². The molecule has 0 aliphatic carbocycles. The fraction of sp³-hybridized carbons (Fsp3) is 0.0526. The second-order valence-electron chi connectivity index (χ2n) is 15.8. The molecule has 0 amide bonds. The Hall–Kier alpha value is -8.34. The molecule has 4 aromatic carbocycles. The van der Waals surface area contributed by atoms with E-state index in [0.717, 1.165) is 0 Å². The molecule has 6 heterocycles. The van der Waals surface area contributed by atoms with E-state index in [-0.39, 0.29) is 34.2 Å². The van der Waals surface area contributed by atoms with Crippen molar-refractivity contribution in [3.05, 3.63) is 288 Å². The lowest BCUT2D eigenvalue weighted by atomic mass is 9.78. The Balaban J connectivity index is 1.28. The molecule has 66 heavy (non-hydrogen) atoms.